The average molecular weight is 725 g/mol. The molecule has 6 nitrogen and oxygen atoms in total. The Kier molecular flexibility index (Phi) is 6.95. The molecule has 0 unspecified atom stereocenters. The lowest BCUT2D eigenvalue weighted by Gasteiger charge is -2.19. The molecule has 0 radical (unpaired) electrons. The number of aromatic nitrogens is 3. The smallest absolute Gasteiger partial charge is 0.189 e. The van der Waals surface area contributed by atoms with Crippen molar-refractivity contribution >= 4 is 76.8 Å². The standard InChI is InChI=1S/C51H28N6/c1-53-34-25-26-48-43(30-34)41-17-6-7-20-44(41)55(48)36-28-33(27-35(29-36)54-2)37-18-11-13-32(31-52)50(37)57-47-23-10-5-16-40(47)42-19-12-24-49(51(42)57)56-45-21-8-3-14-38(45)39-15-4-9-22-46(39)56/h3-30H. The van der Waals surface area contributed by atoms with Crippen molar-refractivity contribution in [2.45, 2.75) is 0 Å². The molecule has 0 saturated heterocycles. The molecule has 3 aromatic heterocycles. The predicted octanol–water partition coefficient (Wildman–Crippen LogP) is 13.6. The fraction of sp³-hybridized carbons (Fsp3) is 0. The molecule has 0 atom stereocenters. The molecule has 0 fully saturated rings. The summed E-state index contributed by atoms with van der Waals surface area (Å²) in [6.07, 6.45) is 0. The van der Waals surface area contributed by atoms with Gasteiger partial charge < -0.3 is 13.7 Å². The van der Waals surface area contributed by atoms with Crippen LogP contribution < -0.4 is 0 Å². The molecular weight excluding hydrogens is 697 g/mol. The Balaban J connectivity index is 1.25. The molecule has 0 amide bonds. The first-order chi connectivity index (χ1) is 28.2. The minimum atomic E-state index is 0.479. The molecule has 8 aromatic carbocycles. The third-order valence-corrected chi connectivity index (χ3v) is 11.3. The first kappa shape index (κ1) is 32.1. The van der Waals surface area contributed by atoms with Gasteiger partial charge in [-0.3, -0.25) is 0 Å². The number of fused-ring (bicyclic) bond motifs is 9. The van der Waals surface area contributed by atoms with Crippen LogP contribution in [0.5, 0.6) is 0 Å². The molecule has 0 bridgehead atoms. The van der Waals surface area contributed by atoms with E-state index in [9.17, 15) is 5.26 Å². The molecule has 0 N–H and O–H groups in total. The predicted molar refractivity (Wildman–Crippen MR) is 232 cm³/mol. The molecule has 0 spiro atoms. The quantitative estimate of drug-likeness (QED) is 0.167. The Labute approximate surface area is 327 Å². The molecule has 11 rings (SSSR count). The Hall–Kier alpha value is -8.37. The number of rotatable bonds is 4. The lowest BCUT2D eigenvalue weighted by atomic mass is 9.98. The Morgan fingerprint density at radius 3 is 1.63 bits per heavy atom. The van der Waals surface area contributed by atoms with Crippen LogP contribution >= 0.6 is 0 Å². The molecule has 0 saturated carbocycles. The molecule has 0 aliphatic heterocycles. The number of benzene rings is 8. The highest BCUT2D eigenvalue weighted by Gasteiger charge is 2.24. The van der Waals surface area contributed by atoms with Crippen molar-refractivity contribution in [1.82, 2.24) is 13.7 Å². The number of para-hydroxylation sites is 6. The summed E-state index contributed by atoms with van der Waals surface area (Å²) in [5.74, 6) is 0. The van der Waals surface area contributed by atoms with Gasteiger partial charge in [0.1, 0.15) is 6.07 Å². The van der Waals surface area contributed by atoms with Gasteiger partial charge in [0.05, 0.1) is 63.2 Å². The zero-order valence-corrected chi connectivity index (χ0v) is 30.3. The van der Waals surface area contributed by atoms with Gasteiger partial charge in [0.15, 0.2) is 11.4 Å². The summed E-state index contributed by atoms with van der Waals surface area (Å²) < 4.78 is 6.77. The Morgan fingerprint density at radius 1 is 0.439 bits per heavy atom. The molecule has 0 aliphatic rings. The van der Waals surface area contributed by atoms with Crippen LogP contribution in [-0.4, -0.2) is 13.7 Å². The van der Waals surface area contributed by atoms with E-state index in [-0.39, 0.29) is 0 Å². The van der Waals surface area contributed by atoms with E-state index in [0.717, 1.165) is 82.8 Å². The summed E-state index contributed by atoms with van der Waals surface area (Å²) in [6.45, 7) is 15.9. The summed E-state index contributed by atoms with van der Waals surface area (Å²) >= 11 is 0. The third kappa shape index (κ3) is 4.61. The van der Waals surface area contributed by atoms with Gasteiger partial charge >= 0.3 is 0 Å². The zero-order valence-electron chi connectivity index (χ0n) is 30.3. The fourth-order valence-electron chi connectivity index (χ4n) is 8.96. The number of hydrogen-bond acceptors (Lipinski definition) is 1. The topological polar surface area (TPSA) is 47.3 Å². The van der Waals surface area contributed by atoms with Gasteiger partial charge in [0.2, 0.25) is 0 Å². The van der Waals surface area contributed by atoms with Crippen molar-refractivity contribution in [3.63, 3.8) is 0 Å². The van der Waals surface area contributed by atoms with E-state index < -0.39 is 0 Å². The van der Waals surface area contributed by atoms with Crippen LogP contribution in [0.1, 0.15) is 5.56 Å². The van der Waals surface area contributed by atoms with E-state index in [2.05, 4.69) is 139 Å². The van der Waals surface area contributed by atoms with E-state index in [0.29, 0.717) is 16.9 Å². The van der Waals surface area contributed by atoms with Gasteiger partial charge in [-0.2, -0.15) is 5.26 Å². The average Bonchev–Trinajstić information content (AvgIpc) is 3.91. The number of nitrogens with zero attached hydrogens (tertiary/aromatic N) is 6. The van der Waals surface area contributed by atoms with Gasteiger partial charge in [-0.1, -0.05) is 103 Å². The Morgan fingerprint density at radius 2 is 0.982 bits per heavy atom. The minimum absolute atomic E-state index is 0.479. The number of hydrogen-bond donors (Lipinski definition) is 0. The van der Waals surface area contributed by atoms with Gasteiger partial charge in [-0.15, -0.1) is 0 Å². The summed E-state index contributed by atoms with van der Waals surface area (Å²) in [5.41, 5.74) is 11.9. The maximum atomic E-state index is 10.9. The monoisotopic (exact) mass is 724 g/mol. The van der Waals surface area contributed by atoms with Gasteiger partial charge in [0, 0.05) is 38.2 Å². The lowest BCUT2D eigenvalue weighted by Crippen LogP contribution is -2.04. The molecular formula is C51H28N6. The van der Waals surface area contributed by atoms with Crippen LogP contribution in [0.4, 0.5) is 11.4 Å². The zero-order chi connectivity index (χ0) is 38.2. The summed E-state index contributed by atoms with van der Waals surface area (Å²) in [5, 5.41) is 17.4. The molecule has 262 valence electrons. The van der Waals surface area contributed by atoms with Crippen molar-refractivity contribution in [2.24, 2.45) is 0 Å². The summed E-state index contributed by atoms with van der Waals surface area (Å²) in [7, 11) is 0. The largest absolute Gasteiger partial charge is 0.311 e. The SMILES string of the molecule is [C-]#[N+]c1cc(-c2cccc(C#N)c2-n2c3ccccc3c3cccc(-n4c5ccccc5c5ccccc54)c32)cc(-n2c3ccccc3c3cc([N+]#[C-])ccc32)c1. The van der Waals surface area contributed by atoms with Crippen molar-refractivity contribution < 1.29 is 0 Å². The van der Waals surface area contributed by atoms with Crippen LogP contribution in [0.15, 0.2) is 170 Å². The highest BCUT2D eigenvalue weighted by atomic mass is 15.1. The second-order valence-corrected chi connectivity index (χ2v) is 14.2. The first-order valence-corrected chi connectivity index (χ1v) is 18.6. The molecule has 3 heterocycles. The summed E-state index contributed by atoms with van der Waals surface area (Å²) in [6, 6.07) is 60.2. The van der Waals surface area contributed by atoms with Crippen LogP contribution in [-0.2, 0) is 0 Å². The molecule has 11 aromatic rings. The fourth-order valence-corrected chi connectivity index (χ4v) is 8.96. The second kappa shape index (κ2) is 12.3. The van der Waals surface area contributed by atoms with Crippen LogP contribution in [0.3, 0.4) is 0 Å². The van der Waals surface area contributed by atoms with Gasteiger partial charge in [0.25, 0.3) is 0 Å². The lowest BCUT2D eigenvalue weighted by molar-refractivity contribution is 1.12. The third-order valence-electron chi connectivity index (χ3n) is 11.3. The van der Waals surface area contributed by atoms with Crippen molar-refractivity contribution in [2.75, 3.05) is 0 Å². The van der Waals surface area contributed by atoms with Crippen LogP contribution in [0, 0.1) is 24.5 Å². The number of nitriles is 1. The van der Waals surface area contributed by atoms with Crippen LogP contribution in [0.25, 0.3) is 103 Å². The molecule has 0 aliphatic carbocycles. The van der Waals surface area contributed by atoms with E-state index in [1.807, 2.05) is 60.7 Å². The Bertz CT molecular complexity index is 3580. The van der Waals surface area contributed by atoms with Crippen molar-refractivity contribution in [1.29, 1.82) is 5.26 Å². The van der Waals surface area contributed by atoms with Gasteiger partial charge in [-0.25, -0.2) is 9.69 Å². The second-order valence-electron chi connectivity index (χ2n) is 14.2. The highest BCUT2D eigenvalue weighted by molar-refractivity contribution is 6.16. The molecule has 6 heteroatoms. The minimum Gasteiger partial charge on any atom is -0.311 e. The van der Waals surface area contributed by atoms with Gasteiger partial charge in [-0.05, 0) is 77.7 Å². The van der Waals surface area contributed by atoms with Crippen molar-refractivity contribution in [3.05, 3.63) is 198 Å². The van der Waals surface area contributed by atoms with E-state index in [4.69, 9.17) is 13.1 Å². The molecule has 57 heavy (non-hydrogen) atoms. The normalized spacial score (nSPS) is 11.5. The van der Waals surface area contributed by atoms with Crippen molar-refractivity contribution in [3.8, 4) is 34.3 Å². The highest BCUT2D eigenvalue weighted by Crippen LogP contribution is 2.44. The summed E-state index contributed by atoms with van der Waals surface area (Å²) in [4.78, 5) is 7.68. The van der Waals surface area contributed by atoms with E-state index in [1.165, 1.54) is 10.8 Å². The van der Waals surface area contributed by atoms with Crippen LogP contribution in [0.2, 0.25) is 0 Å². The maximum absolute atomic E-state index is 10.9. The first-order valence-electron chi connectivity index (χ1n) is 18.6. The van der Waals surface area contributed by atoms with E-state index in [1.54, 1.807) is 0 Å². The maximum Gasteiger partial charge on any atom is 0.189 e. The van der Waals surface area contributed by atoms with E-state index >= 15 is 0 Å².